The lowest BCUT2D eigenvalue weighted by Gasteiger charge is -2.14. The second-order valence-electron chi connectivity index (χ2n) is 6.20. The minimum Gasteiger partial charge on any atom is -0.493 e. The molecular formula is C22H24ClNO5. The topological polar surface area (TPSA) is 73.9 Å². The van der Waals surface area contributed by atoms with E-state index in [1.165, 1.54) is 13.0 Å². The van der Waals surface area contributed by atoms with Crippen LogP contribution in [0.1, 0.15) is 25.0 Å². The molecule has 0 aliphatic rings. The maximum atomic E-state index is 12.3. The summed E-state index contributed by atoms with van der Waals surface area (Å²) in [5, 5.41) is 3.21. The van der Waals surface area contributed by atoms with Gasteiger partial charge in [-0.1, -0.05) is 23.7 Å². The van der Waals surface area contributed by atoms with Gasteiger partial charge in [-0.05, 0) is 62.2 Å². The van der Waals surface area contributed by atoms with Crippen LogP contribution in [0.4, 0.5) is 5.69 Å². The molecule has 2 aromatic carbocycles. The highest BCUT2D eigenvalue weighted by atomic mass is 35.5. The highest BCUT2D eigenvalue weighted by Crippen LogP contribution is 2.28. The Morgan fingerprint density at radius 3 is 2.62 bits per heavy atom. The third kappa shape index (κ3) is 6.54. The first-order chi connectivity index (χ1) is 13.8. The third-order valence-corrected chi connectivity index (χ3v) is 4.25. The minimum absolute atomic E-state index is 0.444. The molecule has 0 saturated carbocycles. The van der Waals surface area contributed by atoms with E-state index in [2.05, 4.69) is 5.32 Å². The van der Waals surface area contributed by atoms with Gasteiger partial charge in [-0.2, -0.15) is 0 Å². The average Bonchev–Trinajstić information content (AvgIpc) is 2.69. The molecule has 0 spiro atoms. The van der Waals surface area contributed by atoms with Crippen LogP contribution in [0, 0.1) is 6.92 Å². The smallest absolute Gasteiger partial charge is 0.331 e. The average molecular weight is 418 g/mol. The van der Waals surface area contributed by atoms with Crippen molar-refractivity contribution in [2.45, 2.75) is 26.9 Å². The quantitative estimate of drug-likeness (QED) is 0.500. The van der Waals surface area contributed by atoms with Gasteiger partial charge >= 0.3 is 5.97 Å². The largest absolute Gasteiger partial charge is 0.493 e. The second-order valence-corrected chi connectivity index (χ2v) is 6.64. The van der Waals surface area contributed by atoms with Gasteiger partial charge in [0.2, 0.25) is 0 Å². The lowest BCUT2D eigenvalue weighted by molar-refractivity contribution is -0.148. The maximum Gasteiger partial charge on any atom is 0.331 e. The highest BCUT2D eigenvalue weighted by Gasteiger charge is 2.17. The van der Waals surface area contributed by atoms with E-state index in [4.69, 9.17) is 25.8 Å². The van der Waals surface area contributed by atoms with Crippen LogP contribution in [0.5, 0.6) is 11.5 Å². The van der Waals surface area contributed by atoms with Crippen LogP contribution in [-0.2, 0) is 14.3 Å². The molecule has 0 bridgehead atoms. The molecule has 1 amide bonds. The van der Waals surface area contributed by atoms with Gasteiger partial charge in [0.25, 0.3) is 5.91 Å². The Kier molecular flexibility index (Phi) is 8.09. The molecule has 0 aliphatic carbocycles. The van der Waals surface area contributed by atoms with Crippen molar-refractivity contribution in [1.82, 2.24) is 0 Å². The Balaban J connectivity index is 1.98. The molecule has 0 radical (unpaired) electrons. The number of benzene rings is 2. The van der Waals surface area contributed by atoms with E-state index in [0.717, 1.165) is 11.1 Å². The molecule has 2 rings (SSSR count). The first kappa shape index (κ1) is 22.3. The fraction of sp³-hybridized carbons (Fsp3) is 0.273. The monoisotopic (exact) mass is 417 g/mol. The number of carbonyl (C=O) groups excluding carboxylic acids is 2. The Labute approximate surface area is 175 Å². The zero-order valence-corrected chi connectivity index (χ0v) is 17.6. The van der Waals surface area contributed by atoms with Crippen LogP contribution in [-0.4, -0.2) is 31.7 Å². The van der Waals surface area contributed by atoms with Crippen molar-refractivity contribution in [3.63, 3.8) is 0 Å². The van der Waals surface area contributed by atoms with Gasteiger partial charge in [0, 0.05) is 16.8 Å². The molecule has 7 heteroatoms. The standard InChI is InChI=1S/C22H24ClNO5/c1-5-28-20-12-16(7-10-19(20)27-4)8-11-21(25)29-15(3)22(26)24-18-13-17(23)9-6-14(18)2/h6-13,15H,5H2,1-4H3,(H,24,26)/b11-8+/t15-/m1/s1. The zero-order chi connectivity index (χ0) is 21.4. The van der Waals surface area contributed by atoms with Crippen molar-refractivity contribution < 1.29 is 23.8 Å². The summed E-state index contributed by atoms with van der Waals surface area (Å²) in [6, 6.07) is 10.5. The van der Waals surface area contributed by atoms with Crippen molar-refractivity contribution in [3.8, 4) is 11.5 Å². The number of ether oxygens (including phenoxy) is 3. The number of aryl methyl sites for hydroxylation is 1. The Morgan fingerprint density at radius 2 is 1.93 bits per heavy atom. The lowest BCUT2D eigenvalue weighted by atomic mass is 10.2. The van der Waals surface area contributed by atoms with Gasteiger partial charge in [0.05, 0.1) is 13.7 Å². The molecule has 0 unspecified atom stereocenters. The van der Waals surface area contributed by atoms with Gasteiger partial charge < -0.3 is 19.5 Å². The lowest BCUT2D eigenvalue weighted by Crippen LogP contribution is -2.29. The van der Waals surface area contributed by atoms with Gasteiger partial charge in [0.1, 0.15) is 0 Å². The Morgan fingerprint density at radius 1 is 1.17 bits per heavy atom. The fourth-order valence-electron chi connectivity index (χ4n) is 2.46. The zero-order valence-electron chi connectivity index (χ0n) is 16.8. The number of halogens is 1. The Bertz CT molecular complexity index is 910. The molecule has 29 heavy (non-hydrogen) atoms. The van der Waals surface area contributed by atoms with E-state index in [9.17, 15) is 9.59 Å². The van der Waals surface area contributed by atoms with E-state index in [1.54, 1.807) is 49.6 Å². The maximum absolute atomic E-state index is 12.3. The van der Waals surface area contributed by atoms with Crippen molar-refractivity contribution in [1.29, 1.82) is 0 Å². The van der Waals surface area contributed by atoms with Gasteiger partial charge in [0.15, 0.2) is 17.6 Å². The van der Waals surface area contributed by atoms with Crippen molar-refractivity contribution in [2.75, 3.05) is 19.0 Å². The predicted octanol–water partition coefficient (Wildman–Crippen LogP) is 4.64. The second kappa shape index (κ2) is 10.5. The van der Waals surface area contributed by atoms with Gasteiger partial charge in [-0.3, -0.25) is 4.79 Å². The van der Waals surface area contributed by atoms with E-state index in [0.29, 0.717) is 28.8 Å². The SMILES string of the molecule is CCOc1cc(/C=C/C(=O)O[C@H](C)C(=O)Nc2cc(Cl)ccc2C)ccc1OC. The molecular weight excluding hydrogens is 394 g/mol. The number of hydrogen-bond acceptors (Lipinski definition) is 5. The molecule has 2 aromatic rings. The Hall–Kier alpha value is -2.99. The summed E-state index contributed by atoms with van der Waals surface area (Å²) in [7, 11) is 1.56. The van der Waals surface area contributed by atoms with Crippen LogP contribution in [0.15, 0.2) is 42.5 Å². The number of esters is 1. The molecule has 0 fully saturated rings. The summed E-state index contributed by atoms with van der Waals surface area (Å²) in [6.45, 7) is 5.71. The first-order valence-corrected chi connectivity index (χ1v) is 9.48. The van der Waals surface area contributed by atoms with Crippen LogP contribution in [0.3, 0.4) is 0 Å². The third-order valence-electron chi connectivity index (χ3n) is 4.02. The summed E-state index contributed by atoms with van der Waals surface area (Å²) in [6.07, 6.45) is 1.86. The molecule has 1 atom stereocenters. The van der Waals surface area contributed by atoms with Crippen LogP contribution in [0.25, 0.3) is 6.08 Å². The number of anilines is 1. The van der Waals surface area contributed by atoms with E-state index < -0.39 is 18.0 Å². The number of carbonyl (C=O) groups is 2. The molecule has 154 valence electrons. The van der Waals surface area contributed by atoms with Gasteiger partial charge in [-0.25, -0.2) is 4.79 Å². The number of nitrogens with one attached hydrogen (secondary N) is 1. The molecule has 0 heterocycles. The van der Waals surface area contributed by atoms with Gasteiger partial charge in [-0.15, -0.1) is 0 Å². The molecule has 0 aliphatic heterocycles. The first-order valence-electron chi connectivity index (χ1n) is 9.10. The van der Waals surface area contributed by atoms with E-state index >= 15 is 0 Å². The summed E-state index contributed by atoms with van der Waals surface area (Å²) >= 11 is 5.95. The van der Waals surface area contributed by atoms with Crippen LogP contribution in [0.2, 0.25) is 5.02 Å². The van der Waals surface area contributed by atoms with Crippen molar-refractivity contribution in [3.05, 3.63) is 58.6 Å². The predicted molar refractivity (Wildman–Crippen MR) is 114 cm³/mol. The number of rotatable bonds is 8. The minimum atomic E-state index is -0.972. The van der Waals surface area contributed by atoms with Crippen LogP contribution >= 0.6 is 11.6 Å². The molecule has 0 aromatic heterocycles. The summed E-state index contributed by atoms with van der Waals surface area (Å²) in [5.74, 6) is 0.104. The fourth-order valence-corrected chi connectivity index (χ4v) is 2.63. The molecule has 0 saturated heterocycles. The van der Waals surface area contributed by atoms with E-state index in [-0.39, 0.29) is 0 Å². The van der Waals surface area contributed by atoms with E-state index in [1.807, 2.05) is 13.8 Å². The molecule has 6 nitrogen and oxygen atoms in total. The number of amides is 1. The van der Waals surface area contributed by atoms with Crippen molar-refractivity contribution >= 4 is 35.2 Å². The normalized spacial score (nSPS) is 11.8. The number of methoxy groups -OCH3 is 1. The molecule has 1 N–H and O–H groups in total. The summed E-state index contributed by atoms with van der Waals surface area (Å²) in [4.78, 5) is 24.4. The van der Waals surface area contributed by atoms with Crippen LogP contribution < -0.4 is 14.8 Å². The summed E-state index contributed by atoms with van der Waals surface area (Å²) < 4.78 is 15.9. The summed E-state index contributed by atoms with van der Waals surface area (Å²) in [5.41, 5.74) is 2.16. The van der Waals surface area contributed by atoms with Crippen molar-refractivity contribution in [2.24, 2.45) is 0 Å². The number of hydrogen-bond donors (Lipinski definition) is 1. The highest BCUT2D eigenvalue weighted by molar-refractivity contribution is 6.31.